The van der Waals surface area contributed by atoms with Crippen molar-refractivity contribution >= 4 is 10.4 Å². The molecule has 19 heteroatoms. The highest BCUT2D eigenvalue weighted by Gasteiger charge is 2.65. The molecule has 4 bridgehead atoms. The van der Waals surface area contributed by atoms with E-state index in [1.54, 1.807) is 12.1 Å². The average Bonchev–Trinajstić information content (AvgIpc) is 3.56. The lowest BCUT2D eigenvalue weighted by atomic mass is 9.53. The summed E-state index contributed by atoms with van der Waals surface area (Å²) in [7, 11) is -0.291. The first-order chi connectivity index (χ1) is 22.3. The highest BCUT2D eigenvalue weighted by atomic mass is 32.3. The molecule has 53 heavy (non-hydrogen) atoms. The van der Waals surface area contributed by atoms with Gasteiger partial charge in [-0.15, -0.1) is 0 Å². The number of hydrogen-bond acceptors (Lipinski definition) is 10. The van der Waals surface area contributed by atoms with Gasteiger partial charge in [-0.25, -0.2) is 0 Å². The number of piperidine rings is 2. The molecule has 4 aliphatic heterocycles. The third-order valence-corrected chi connectivity index (χ3v) is 12.3. The molecule has 0 aromatic heterocycles. The summed E-state index contributed by atoms with van der Waals surface area (Å²) in [5, 5.41) is 41.3. The summed E-state index contributed by atoms with van der Waals surface area (Å²) in [5.41, 5.74) is 4.58. The van der Waals surface area contributed by atoms with Gasteiger partial charge in [0.25, 0.3) is 0 Å². The van der Waals surface area contributed by atoms with Crippen molar-refractivity contribution in [1.29, 1.82) is 0 Å². The van der Waals surface area contributed by atoms with Crippen molar-refractivity contribution < 1.29 is 80.3 Å². The molecule has 0 amide bonds. The van der Waals surface area contributed by atoms with Crippen LogP contribution in [0.3, 0.4) is 0 Å². The Morgan fingerprint density at radius 3 is 1.32 bits per heavy atom. The molecule has 0 saturated carbocycles. The Morgan fingerprint density at radius 1 is 0.642 bits per heavy atom. The van der Waals surface area contributed by atoms with Crippen LogP contribution in [-0.2, 0) is 34.1 Å². The number of ether oxygens (including phenoxy) is 2. The quantitative estimate of drug-likeness (QED) is 0.114. The predicted molar refractivity (Wildman–Crippen MR) is 191 cm³/mol. The van der Waals surface area contributed by atoms with Gasteiger partial charge in [-0.2, -0.15) is 8.42 Å². The molecule has 2 aromatic rings. The first-order valence-corrected chi connectivity index (χ1v) is 17.5. The number of nitrogens with zero attached hydrogens (tertiary/aromatic N) is 2. The molecule has 2 saturated heterocycles. The van der Waals surface area contributed by atoms with Gasteiger partial charge >= 0.3 is 10.4 Å². The number of rotatable bonds is 0. The van der Waals surface area contributed by atoms with Crippen LogP contribution in [0.2, 0.25) is 0 Å². The van der Waals surface area contributed by atoms with E-state index < -0.39 is 22.6 Å². The molecule has 0 unspecified atom stereocenters. The zero-order valence-electron chi connectivity index (χ0n) is 29.1. The van der Waals surface area contributed by atoms with E-state index in [1.807, 2.05) is 24.3 Å². The molecule has 18 N–H and O–H groups in total. The van der Waals surface area contributed by atoms with Gasteiger partial charge in [-0.05, 0) is 76.1 Å². The number of aliphatic hydroxyl groups excluding tert-OH is 2. The summed E-state index contributed by atoms with van der Waals surface area (Å²) < 4.78 is 43.8. The molecule has 10 rings (SSSR count). The van der Waals surface area contributed by atoms with E-state index in [2.05, 4.69) is 36.0 Å². The molecule has 4 aliphatic carbocycles. The SMILES string of the molecule is CN1CC[C@]23c4c5ccc(O)c4O[C@H]2[C@@H](O)C=C[C@H]3[C@H]1C5.CN1CC[C@]23c4c5ccc(O)c4O[C@H]2[C@@H](O)C=C[C@H]3[C@H]1C5.O.O.O.O.O.O.O=S(=O)(O)O. The molecule has 2 aromatic carbocycles. The Bertz CT molecular complexity index is 1700. The molecule has 2 fully saturated rings. The van der Waals surface area contributed by atoms with Gasteiger partial charge in [0.15, 0.2) is 23.0 Å². The fourth-order valence-corrected chi connectivity index (χ4v) is 10.5. The number of aliphatic hydroxyl groups is 2. The Morgan fingerprint density at radius 2 is 0.981 bits per heavy atom. The Hall–Kier alpha value is -3.41. The van der Waals surface area contributed by atoms with Crippen LogP contribution in [0, 0.1) is 11.8 Å². The smallest absolute Gasteiger partial charge is 0.394 e. The van der Waals surface area contributed by atoms with Crippen LogP contribution in [0.4, 0.5) is 0 Å². The molecule has 300 valence electrons. The highest BCUT2D eigenvalue weighted by molar-refractivity contribution is 7.79. The van der Waals surface area contributed by atoms with E-state index >= 15 is 0 Å². The van der Waals surface area contributed by atoms with Crippen LogP contribution in [0.25, 0.3) is 0 Å². The van der Waals surface area contributed by atoms with Crippen molar-refractivity contribution in [2.45, 2.75) is 73.0 Å². The zero-order chi connectivity index (χ0) is 33.2. The number of phenols is 2. The van der Waals surface area contributed by atoms with Crippen molar-refractivity contribution in [2.24, 2.45) is 11.8 Å². The number of likely N-dealkylation sites (N-methyl/N-ethyl adjacent to an activating group) is 2. The van der Waals surface area contributed by atoms with Crippen molar-refractivity contribution in [2.75, 3.05) is 27.2 Å². The third-order valence-electron chi connectivity index (χ3n) is 12.3. The minimum absolute atomic E-state index is 0. The molecule has 18 nitrogen and oxygen atoms in total. The Balaban J connectivity index is 0.000000296. The first kappa shape index (κ1) is 45.7. The normalized spacial score (nSPS) is 34.8. The fourth-order valence-electron chi connectivity index (χ4n) is 10.5. The maximum atomic E-state index is 10.4. The second kappa shape index (κ2) is 15.4. The molecule has 2 spiro atoms. The van der Waals surface area contributed by atoms with Crippen molar-refractivity contribution in [1.82, 2.24) is 9.80 Å². The van der Waals surface area contributed by atoms with Crippen molar-refractivity contribution in [3.05, 3.63) is 70.8 Å². The van der Waals surface area contributed by atoms with Crippen LogP contribution in [0.1, 0.15) is 35.1 Å². The second-order valence-electron chi connectivity index (χ2n) is 14.3. The number of aromatic hydroxyl groups is 2. The number of benzene rings is 2. The summed E-state index contributed by atoms with van der Waals surface area (Å²) >= 11 is 0. The van der Waals surface area contributed by atoms with Gasteiger partial charge in [-0.3, -0.25) is 9.11 Å². The molecule has 0 radical (unpaired) electrons. The van der Waals surface area contributed by atoms with E-state index in [0.29, 0.717) is 35.4 Å². The minimum Gasteiger partial charge on any atom is -0.504 e. The van der Waals surface area contributed by atoms with Gasteiger partial charge in [-0.1, -0.05) is 36.4 Å². The molecule has 8 aliphatic rings. The van der Waals surface area contributed by atoms with Crippen LogP contribution >= 0.6 is 0 Å². The van der Waals surface area contributed by atoms with E-state index in [-0.39, 0.29) is 67.4 Å². The average molecular weight is 777 g/mol. The maximum absolute atomic E-state index is 10.4. The summed E-state index contributed by atoms with van der Waals surface area (Å²) in [4.78, 5) is 4.87. The van der Waals surface area contributed by atoms with Gasteiger partial charge in [0.05, 0.1) is 0 Å². The lowest BCUT2D eigenvalue weighted by Crippen LogP contribution is -2.64. The lowest BCUT2D eigenvalue weighted by molar-refractivity contribution is -0.0453. The monoisotopic (exact) mass is 776 g/mol. The van der Waals surface area contributed by atoms with Crippen molar-refractivity contribution in [3.8, 4) is 23.0 Å². The maximum Gasteiger partial charge on any atom is 0.394 e. The number of hydrogen-bond donors (Lipinski definition) is 6. The molecular weight excluding hydrogens is 724 g/mol. The van der Waals surface area contributed by atoms with Crippen molar-refractivity contribution in [3.63, 3.8) is 0 Å². The van der Waals surface area contributed by atoms with Crippen LogP contribution < -0.4 is 9.47 Å². The first-order valence-electron chi connectivity index (χ1n) is 16.1. The summed E-state index contributed by atoms with van der Waals surface area (Å²) in [6.07, 6.45) is 10.4. The predicted octanol–water partition coefficient (Wildman–Crippen LogP) is -3.20. The van der Waals surface area contributed by atoms with E-state index in [0.717, 1.165) is 38.8 Å². The van der Waals surface area contributed by atoms with Gasteiger partial charge in [0.1, 0.15) is 24.4 Å². The van der Waals surface area contributed by atoms with E-state index in [9.17, 15) is 20.4 Å². The van der Waals surface area contributed by atoms with Gasteiger partial charge in [0, 0.05) is 45.9 Å². The summed E-state index contributed by atoms with van der Waals surface area (Å²) in [6, 6.07) is 8.45. The molecule has 10 atom stereocenters. The minimum atomic E-state index is -4.67. The number of likely N-dealkylation sites (tertiary alicyclic amines) is 2. The Kier molecular flexibility index (Phi) is 13.3. The largest absolute Gasteiger partial charge is 0.504 e. The van der Waals surface area contributed by atoms with Crippen LogP contribution in [0.5, 0.6) is 23.0 Å². The molecule has 4 heterocycles. The summed E-state index contributed by atoms with van der Waals surface area (Å²) in [6.45, 7) is 2.02. The van der Waals surface area contributed by atoms with E-state index in [1.165, 1.54) is 22.3 Å². The standard InChI is InChI=1S/2C17H19NO3.H2O4S.6H2O/c2*1-18-7-6-17-10-3-5-13(20)16(17)21-15-12(19)4-2-9(14(15)17)8-11(10)18;1-5(2,3)4;;;;;;/h2*2-5,10-11,13,16,19-20H,6-8H2,1H3;(H2,1,2,3,4);6*1H2/t2*10-,11+,13-,16-,17-;;;;;;;/m00......./s1. The second-order valence-corrected chi connectivity index (χ2v) is 15.2. The summed E-state index contributed by atoms with van der Waals surface area (Å²) in [5.74, 6) is 2.38. The van der Waals surface area contributed by atoms with Gasteiger partial charge < -0.3 is 72.6 Å². The Labute approximate surface area is 306 Å². The fraction of sp³-hybridized carbons (Fsp3) is 0.529. The third kappa shape index (κ3) is 6.38. The van der Waals surface area contributed by atoms with Crippen LogP contribution in [0.15, 0.2) is 48.6 Å². The van der Waals surface area contributed by atoms with Gasteiger partial charge in [0.2, 0.25) is 0 Å². The lowest BCUT2D eigenvalue weighted by Gasteiger charge is -2.56. The number of phenolic OH excluding ortho intramolecular Hbond substituents is 2. The zero-order valence-corrected chi connectivity index (χ0v) is 29.9. The van der Waals surface area contributed by atoms with E-state index in [4.69, 9.17) is 27.0 Å². The topological polar surface area (TPSA) is 369 Å². The molecular formula is C34H52N2O16S. The van der Waals surface area contributed by atoms with Crippen LogP contribution in [-0.4, -0.2) is 144 Å². The highest BCUT2D eigenvalue weighted by Crippen LogP contribution is 2.63.